The normalized spacial score (nSPS) is 10.2. The number of nitrogen functional groups attached to an aromatic ring is 1. The molecule has 0 aliphatic heterocycles. The monoisotopic (exact) mass is 273 g/mol. The quantitative estimate of drug-likeness (QED) is 0.840. The van der Waals surface area contributed by atoms with Crippen LogP contribution in [0.2, 0.25) is 0 Å². The highest BCUT2D eigenvalue weighted by molar-refractivity contribution is 7.99. The summed E-state index contributed by atoms with van der Waals surface area (Å²) >= 11 is 1.57. The lowest BCUT2D eigenvalue weighted by atomic mass is 10.3. The van der Waals surface area contributed by atoms with Gasteiger partial charge in [0.25, 0.3) is 5.91 Å². The first-order valence-electron chi connectivity index (χ1n) is 5.96. The Kier molecular flexibility index (Phi) is 4.41. The highest BCUT2D eigenvalue weighted by Crippen LogP contribution is 2.28. The van der Waals surface area contributed by atoms with Crippen LogP contribution in [0.3, 0.4) is 0 Å². The second-order valence-corrected chi connectivity index (χ2v) is 5.05. The third-order valence-corrected chi connectivity index (χ3v) is 3.41. The van der Waals surface area contributed by atoms with E-state index in [9.17, 15) is 4.79 Å². The number of anilines is 1. The molecule has 1 heterocycles. The van der Waals surface area contributed by atoms with Gasteiger partial charge in [0.1, 0.15) is 5.69 Å². The van der Waals surface area contributed by atoms with Gasteiger partial charge in [-0.25, -0.2) is 0 Å². The third-order valence-electron chi connectivity index (χ3n) is 2.42. The number of pyridine rings is 1. The second kappa shape index (κ2) is 6.24. The van der Waals surface area contributed by atoms with E-state index in [1.165, 1.54) is 0 Å². The zero-order valence-corrected chi connectivity index (χ0v) is 11.4. The Morgan fingerprint density at radius 1 is 1.26 bits per heavy atom. The molecule has 2 rings (SSSR count). The summed E-state index contributed by atoms with van der Waals surface area (Å²) in [6.07, 6.45) is 1.64. The van der Waals surface area contributed by atoms with Crippen LogP contribution in [-0.2, 0) is 0 Å². The number of nitrogens with zero attached hydrogens (tertiary/aromatic N) is 1. The van der Waals surface area contributed by atoms with Crippen molar-refractivity contribution in [2.75, 3.05) is 12.3 Å². The molecule has 0 saturated carbocycles. The predicted octanol–water partition coefficient (Wildman–Crippen LogP) is 2.56. The first-order chi connectivity index (χ1) is 9.19. The van der Waals surface area contributed by atoms with Gasteiger partial charge in [-0.15, -0.1) is 0 Å². The summed E-state index contributed by atoms with van der Waals surface area (Å²) in [6, 6.07) is 11.3. The van der Waals surface area contributed by atoms with Crippen LogP contribution in [0.25, 0.3) is 0 Å². The first kappa shape index (κ1) is 13.4. The molecule has 0 aliphatic carbocycles. The molecule has 0 spiro atoms. The van der Waals surface area contributed by atoms with Crippen molar-refractivity contribution in [1.29, 1.82) is 0 Å². The van der Waals surface area contributed by atoms with Gasteiger partial charge in [0, 0.05) is 28.2 Å². The molecule has 1 aromatic heterocycles. The lowest BCUT2D eigenvalue weighted by Crippen LogP contribution is -2.23. The minimum Gasteiger partial charge on any atom is -0.399 e. The van der Waals surface area contributed by atoms with Crippen molar-refractivity contribution in [1.82, 2.24) is 10.3 Å². The standard InChI is InChI=1S/C14H15N3OS/c1-2-16-14(18)13-9-12(7-8-17-13)19-11-5-3-10(15)4-6-11/h3-9H,2,15H2,1H3,(H,16,18). The van der Waals surface area contributed by atoms with E-state index in [2.05, 4.69) is 10.3 Å². The van der Waals surface area contributed by atoms with E-state index in [0.29, 0.717) is 12.2 Å². The minimum absolute atomic E-state index is 0.151. The van der Waals surface area contributed by atoms with Gasteiger partial charge in [-0.1, -0.05) is 11.8 Å². The Morgan fingerprint density at radius 3 is 2.68 bits per heavy atom. The molecule has 4 nitrogen and oxygen atoms in total. The molecule has 0 atom stereocenters. The molecule has 1 amide bonds. The van der Waals surface area contributed by atoms with Crippen LogP contribution >= 0.6 is 11.8 Å². The number of carbonyl (C=O) groups is 1. The summed E-state index contributed by atoms with van der Waals surface area (Å²) < 4.78 is 0. The van der Waals surface area contributed by atoms with E-state index in [-0.39, 0.29) is 5.91 Å². The summed E-state index contributed by atoms with van der Waals surface area (Å²) in [7, 11) is 0. The van der Waals surface area contributed by atoms with Gasteiger partial charge in [-0.2, -0.15) is 0 Å². The van der Waals surface area contributed by atoms with Gasteiger partial charge in [0.2, 0.25) is 0 Å². The van der Waals surface area contributed by atoms with E-state index >= 15 is 0 Å². The number of rotatable bonds is 4. The summed E-state index contributed by atoms with van der Waals surface area (Å²) in [4.78, 5) is 17.8. The van der Waals surface area contributed by atoms with Gasteiger partial charge in [-0.3, -0.25) is 9.78 Å². The molecule has 0 unspecified atom stereocenters. The molecule has 3 N–H and O–H groups in total. The first-order valence-corrected chi connectivity index (χ1v) is 6.78. The van der Waals surface area contributed by atoms with Crippen molar-refractivity contribution in [3.05, 3.63) is 48.3 Å². The highest BCUT2D eigenvalue weighted by Gasteiger charge is 2.07. The van der Waals surface area contributed by atoms with Crippen LogP contribution in [0.4, 0.5) is 5.69 Å². The van der Waals surface area contributed by atoms with Gasteiger partial charge in [-0.05, 0) is 43.3 Å². The van der Waals surface area contributed by atoms with Crippen LogP contribution in [0.15, 0.2) is 52.4 Å². The number of nitrogens with one attached hydrogen (secondary N) is 1. The Hall–Kier alpha value is -2.01. The highest BCUT2D eigenvalue weighted by atomic mass is 32.2. The molecule has 0 saturated heterocycles. The number of nitrogens with two attached hydrogens (primary N) is 1. The molecule has 0 bridgehead atoms. The van der Waals surface area contributed by atoms with Crippen molar-refractivity contribution in [2.45, 2.75) is 16.7 Å². The number of carbonyl (C=O) groups excluding carboxylic acids is 1. The maximum absolute atomic E-state index is 11.7. The van der Waals surface area contributed by atoms with E-state index < -0.39 is 0 Å². The molecular formula is C14H15N3OS. The summed E-state index contributed by atoms with van der Waals surface area (Å²) in [5, 5.41) is 2.73. The molecule has 2 aromatic rings. The SMILES string of the molecule is CCNC(=O)c1cc(Sc2ccc(N)cc2)ccn1. The van der Waals surface area contributed by atoms with Crippen LogP contribution in [0, 0.1) is 0 Å². The van der Waals surface area contributed by atoms with Crippen molar-refractivity contribution in [3.8, 4) is 0 Å². The topological polar surface area (TPSA) is 68.0 Å². The van der Waals surface area contributed by atoms with Crippen LogP contribution < -0.4 is 11.1 Å². The van der Waals surface area contributed by atoms with E-state index in [1.807, 2.05) is 37.3 Å². The van der Waals surface area contributed by atoms with Crippen molar-refractivity contribution in [2.24, 2.45) is 0 Å². The van der Waals surface area contributed by atoms with Crippen LogP contribution in [0.1, 0.15) is 17.4 Å². The fourth-order valence-corrected chi connectivity index (χ4v) is 2.37. The van der Waals surface area contributed by atoms with Crippen molar-refractivity contribution in [3.63, 3.8) is 0 Å². The summed E-state index contributed by atoms with van der Waals surface area (Å²) in [5.41, 5.74) is 6.82. The lowest BCUT2D eigenvalue weighted by molar-refractivity contribution is 0.0950. The van der Waals surface area contributed by atoms with Gasteiger partial charge >= 0.3 is 0 Å². The predicted molar refractivity (Wildman–Crippen MR) is 77.2 cm³/mol. The van der Waals surface area contributed by atoms with E-state index in [4.69, 9.17) is 5.73 Å². The number of hydrogen-bond acceptors (Lipinski definition) is 4. The van der Waals surface area contributed by atoms with Crippen LogP contribution in [0.5, 0.6) is 0 Å². The molecule has 98 valence electrons. The fourth-order valence-electron chi connectivity index (χ4n) is 1.52. The molecule has 19 heavy (non-hydrogen) atoms. The number of benzene rings is 1. The maximum Gasteiger partial charge on any atom is 0.269 e. The molecular weight excluding hydrogens is 258 g/mol. The number of amides is 1. The largest absolute Gasteiger partial charge is 0.399 e. The molecule has 0 radical (unpaired) electrons. The Bertz CT molecular complexity index is 569. The molecule has 5 heteroatoms. The molecule has 1 aromatic carbocycles. The Labute approximate surface area is 116 Å². The molecule has 0 fully saturated rings. The van der Waals surface area contributed by atoms with E-state index in [0.717, 1.165) is 15.5 Å². The van der Waals surface area contributed by atoms with Gasteiger partial charge in [0.05, 0.1) is 0 Å². The van der Waals surface area contributed by atoms with Crippen molar-refractivity contribution >= 4 is 23.4 Å². The van der Waals surface area contributed by atoms with Gasteiger partial charge < -0.3 is 11.1 Å². The second-order valence-electron chi connectivity index (χ2n) is 3.91. The Balaban J connectivity index is 2.15. The zero-order chi connectivity index (χ0) is 13.7. The summed E-state index contributed by atoms with van der Waals surface area (Å²) in [5.74, 6) is -0.151. The van der Waals surface area contributed by atoms with Crippen molar-refractivity contribution < 1.29 is 4.79 Å². The van der Waals surface area contributed by atoms with Crippen LogP contribution in [-0.4, -0.2) is 17.4 Å². The minimum atomic E-state index is -0.151. The zero-order valence-electron chi connectivity index (χ0n) is 10.6. The summed E-state index contributed by atoms with van der Waals surface area (Å²) in [6.45, 7) is 2.47. The number of hydrogen-bond donors (Lipinski definition) is 2. The Morgan fingerprint density at radius 2 is 2.00 bits per heavy atom. The van der Waals surface area contributed by atoms with Gasteiger partial charge in [0.15, 0.2) is 0 Å². The maximum atomic E-state index is 11.7. The average molecular weight is 273 g/mol. The fraction of sp³-hybridized carbons (Fsp3) is 0.143. The smallest absolute Gasteiger partial charge is 0.269 e. The number of aromatic nitrogens is 1. The third kappa shape index (κ3) is 3.72. The molecule has 0 aliphatic rings. The van der Waals surface area contributed by atoms with E-state index in [1.54, 1.807) is 24.0 Å². The average Bonchev–Trinajstić information content (AvgIpc) is 2.42. The lowest BCUT2D eigenvalue weighted by Gasteiger charge is -2.05.